The lowest BCUT2D eigenvalue weighted by Crippen LogP contribution is -2.30. The summed E-state index contributed by atoms with van der Waals surface area (Å²) in [4.78, 5) is 12.7. The minimum Gasteiger partial charge on any atom is -0.303 e. The highest BCUT2D eigenvalue weighted by Gasteiger charge is 2.08. The van der Waals surface area contributed by atoms with E-state index < -0.39 is 0 Å². The van der Waals surface area contributed by atoms with Crippen molar-refractivity contribution < 1.29 is 4.79 Å². The van der Waals surface area contributed by atoms with Crippen molar-refractivity contribution in [3.05, 3.63) is 6.42 Å². The van der Waals surface area contributed by atoms with Gasteiger partial charge in [-0.3, -0.25) is 0 Å². The molecule has 0 N–H and O–H groups in total. The predicted molar refractivity (Wildman–Crippen MR) is 73.0 cm³/mol. The Balaban J connectivity index is 1.76. The number of carbonyl (C=O) groups is 1. The monoisotopic (exact) mass is 238 g/mol. The van der Waals surface area contributed by atoms with Crippen LogP contribution in [0.25, 0.3) is 0 Å². The van der Waals surface area contributed by atoms with Crippen LogP contribution in [0, 0.1) is 6.42 Å². The molecule has 2 nitrogen and oxygen atoms in total. The van der Waals surface area contributed by atoms with E-state index in [1.165, 1.54) is 71.0 Å². The molecule has 0 aromatic heterocycles. The molecule has 17 heavy (non-hydrogen) atoms. The van der Waals surface area contributed by atoms with Crippen LogP contribution in [0.3, 0.4) is 0 Å². The number of rotatable bonds is 10. The molecule has 0 atom stereocenters. The van der Waals surface area contributed by atoms with Gasteiger partial charge in [-0.25, -0.2) is 0 Å². The molecule has 1 rings (SSSR count). The Kier molecular flexibility index (Phi) is 9.30. The molecular weight excluding hydrogens is 210 g/mol. The van der Waals surface area contributed by atoms with Crippen LogP contribution in [-0.4, -0.2) is 30.8 Å². The number of likely N-dealkylation sites (tertiary alicyclic amines) is 1. The van der Waals surface area contributed by atoms with Gasteiger partial charge in [0.15, 0.2) is 0 Å². The number of piperidine rings is 1. The second-order valence-corrected chi connectivity index (χ2v) is 5.14. The molecule has 0 aromatic carbocycles. The smallest absolute Gasteiger partial charge is 0.119 e. The van der Waals surface area contributed by atoms with E-state index in [1.807, 2.05) is 0 Å². The SMILES string of the molecule is O=CCCCCCCCCCN1CC[CH]CC1. The van der Waals surface area contributed by atoms with Crippen molar-refractivity contribution in [2.24, 2.45) is 0 Å². The summed E-state index contributed by atoms with van der Waals surface area (Å²) < 4.78 is 0. The first-order valence-electron chi connectivity index (χ1n) is 7.41. The second kappa shape index (κ2) is 10.8. The van der Waals surface area contributed by atoms with E-state index in [2.05, 4.69) is 11.3 Å². The van der Waals surface area contributed by atoms with Gasteiger partial charge >= 0.3 is 0 Å². The van der Waals surface area contributed by atoms with Crippen molar-refractivity contribution in [1.29, 1.82) is 0 Å². The zero-order chi connectivity index (χ0) is 12.2. The van der Waals surface area contributed by atoms with Gasteiger partial charge in [-0.15, -0.1) is 0 Å². The Morgan fingerprint density at radius 2 is 1.47 bits per heavy atom. The van der Waals surface area contributed by atoms with Crippen molar-refractivity contribution in [3.8, 4) is 0 Å². The van der Waals surface area contributed by atoms with Gasteiger partial charge in [-0.1, -0.05) is 32.1 Å². The number of hydrogen-bond acceptors (Lipinski definition) is 2. The molecule has 0 saturated carbocycles. The molecule has 0 unspecified atom stereocenters. The Hall–Kier alpha value is -0.370. The van der Waals surface area contributed by atoms with Crippen LogP contribution in [0.5, 0.6) is 0 Å². The van der Waals surface area contributed by atoms with Crippen molar-refractivity contribution >= 4 is 6.29 Å². The van der Waals surface area contributed by atoms with E-state index >= 15 is 0 Å². The number of unbranched alkanes of at least 4 members (excludes halogenated alkanes) is 7. The summed E-state index contributed by atoms with van der Waals surface area (Å²) in [5, 5.41) is 0. The summed E-state index contributed by atoms with van der Waals surface area (Å²) in [6, 6.07) is 0. The lowest BCUT2D eigenvalue weighted by molar-refractivity contribution is -0.107. The van der Waals surface area contributed by atoms with Crippen LogP contribution < -0.4 is 0 Å². The van der Waals surface area contributed by atoms with Gasteiger partial charge in [-0.05, 0) is 51.7 Å². The summed E-state index contributed by atoms with van der Waals surface area (Å²) in [6.45, 7) is 3.87. The highest BCUT2D eigenvalue weighted by molar-refractivity contribution is 5.48. The predicted octanol–water partition coefficient (Wildman–Crippen LogP) is 3.61. The molecule has 1 fully saturated rings. The number of aldehydes is 1. The molecule has 1 heterocycles. The topological polar surface area (TPSA) is 20.3 Å². The number of carbonyl (C=O) groups excluding carboxylic acids is 1. The van der Waals surface area contributed by atoms with Gasteiger partial charge in [0.2, 0.25) is 0 Å². The van der Waals surface area contributed by atoms with E-state index in [9.17, 15) is 4.79 Å². The zero-order valence-corrected chi connectivity index (χ0v) is 11.2. The summed E-state index contributed by atoms with van der Waals surface area (Å²) in [5.74, 6) is 0. The summed E-state index contributed by atoms with van der Waals surface area (Å²) in [7, 11) is 0. The average molecular weight is 238 g/mol. The summed E-state index contributed by atoms with van der Waals surface area (Å²) >= 11 is 0. The summed E-state index contributed by atoms with van der Waals surface area (Å²) in [5.41, 5.74) is 0. The van der Waals surface area contributed by atoms with Gasteiger partial charge in [0.1, 0.15) is 6.29 Å². The van der Waals surface area contributed by atoms with E-state index in [1.54, 1.807) is 0 Å². The first-order valence-corrected chi connectivity index (χ1v) is 7.41. The Bertz CT molecular complexity index is 176. The van der Waals surface area contributed by atoms with Gasteiger partial charge < -0.3 is 9.69 Å². The van der Waals surface area contributed by atoms with Crippen molar-refractivity contribution in [2.75, 3.05) is 19.6 Å². The molecule has 99 valence electrons. The Morgan fingerprint density at radius 3 is 2.12 bits per heavy atom. The fourth-order valence-electron chi connectivity index (χ4n) is 2.47. The third-order valence-electron chi connectivity index (χ3n) is 3.60. The molecule has 0 spiro atoms. The van der Waals surface area contributed by atoms with Crippen LogP contribution in [0.15, 0.2) is 0 Å². The van der Waals surface area contributed by atoms with Crippen LogP contribution in [0.2, 0.25) is 0 Å². The van der Waals surface area contributed by atoms with E-state index in [-0.39, 0.29) is 0 Å². The third kappa shape index (κ3) is 8.37. The van der Waals surface area contributed by atoms with Crippen molar-refractivity contribution in [2.45, 2.75) is 64.2 Å². The molecule has 1 saturated heterocycles. The molecule has 0 amide bonds. The maximum atomic E-state index is 10.1. The zero-order valence-electron chi connectivity index (χ0n) is 11.2. The van der Waals surface area contributed by atoms with Crippen LogP contribution in [0.1, 0.15) is 64.2 Å². The van der Waals surface area contributed by atoms with Gasteiger partial charge in [-0.2, -0.15) is 0 Å². The Morgan fingerprint density at radius 1 is 0.882 bits per heavy atom. The number of hydrogen-bond donors (Lipinski definition) is 0. The van der Waals surface area contributed by atoms with Crippen LogP contribution in [0.4, 0.5) is 0 Å². The van der Waals surface area contributed by atoms with Crippen molar-refractivity contribution in [1.82, 2.24) is 4.90 Å². The minimum absolute atomic E-state index is 0.756. The average Bonchev–Trinajstić information content (AvgIpc) is 2.38. The molecule has 1 aliphatic heterocycles. The maximum absolute atomic E-state index is 10.1. The lowest BCUT2D eigenvalue weighted by Gasteiger charge is -2.26. The molecular formula is C15H28NO. The first-order chi connectivity index (χ1) is 8.43. The van der Waals surface area contributed by atoms with Crippen LogP contribution in [-0.2, 0) is 4.79 Å². The highest BCUT2D eigenvalue weighted by atomic mass is 16.1. The first kappa shape index (κ1) is 14.7. The normalized spacial score (nSPS) is 17.2. The third-order valence-corrected chi connectivity index (χ3v) is 3.60. The van der Waals surface area contributed by atoms with Crippen LogP contribution >= 0.6 is 0 Å². The molecule has 1 radical (unpaired) electrons. The van der Waals surface area contributed by atoms with E-state index in [0.717, 1.165) is 19.1 Å². The fourth-order valence-corrected chi connectivity index (χ4v) is 2.47. The van der Waals surface area contributed by atoms with E-state index in [4.69, 9.17) is 0 Å². The number of nitrogens with zero attached hydrogens (tertiary/aromatic N) is 1. The van der Waals surface area contributed by atoms with Gasteiger partial charge in [0.05, 0.1) is 0 Å². The van der Waals surface area contributed by atoms with E-state index in [0.29, 0.717) is 0 Å². The van der Waals surface area contributed by atoms with Crippen molar-refractivity contribution in [3.63, 3.8) is 0 Å². The minimum atomic E-state index is 0.756. The second-order valence-electron chi connectivity index (χ2n) is 5.14. The molecule has 2 heteroatoms. The largest absolute Gasteiger partial charge is 0.303 e. The fraction of sp³-hybridized carbons (Fsp3) is 0.867. The summed E-state index contributed by atoms with van der Waals surface area (Å²) in [6.07, 6.45) is 15.9. The van der Waals surface area contributed by atoms with Gasteiger partial charge in [0.25, 0.3) is 0 Å². The highest BCUT2D eigenvalue weighted by Crippen LogP contribution is 2.11. The lowest BCUT2D eigenvalue weighted by atomic mass is 10.1. The molecule has 0 bridgehead atoms. The standard InChI is InChI=1S/C15H28NO/c17-15-11-6-4-2-1-3-5-8-12-16-13-9-7-10-14-16/h7,15H,1-6,8-14H2. The maximum Gasteiger partial charge on any atom is 0.119 e. The molecule has 0 aromatic rings. The molecule has 0 aliphatic carbocycles. The van der Waals surface area contributed by atoms with Gasteiger partial charge in [0, 0.05) is 6.42 Å². The Labute approximate surface area is 107 Å². The quantitative estimate of drug-likeness (QED) is 0.428. The molecule has 1 aliphatic rings.